The molecule has 4 nitrogen and oxygen atoms in total. The van der Waals surface area contributed by atoms with Gasteiger partial charge in [-0.2, -0.15) is 0 Å². The highest BCUT2D eigenvalue weighted by Gasteiger charge is 2.26. The second-order valence-corrected chi connectivity index (χ2v) is 6.59. The van der Waals surface area contributed by atoms with Crippen LogP contribution in [0.25, 0.3) is 0 Å². The van der Waals surface area contributed by atoms with Crippen molar-refractivity contribution in [3.63, 3.8) is 0 Å². The fraction of sp³-hybridized carbons (Fsp3) is 0.632. The number of β-amino-alcohol motifs (C(OH)–C–C–N with tert-alkyl or cyclic N) is 1. The number of rotatable bonds is 7. The summed E-state index contributed by atoms with van der Waals surface area (Å²) in [6.07, 6.45) is 3.67. The lowest BCUT2D eigenvalue weighted by atomic mass is 9.97. The SMILES string of the molecule is CCC(=O)c1ccc(OCC(O)CN2C(C)CCCC2C)cc1. The minimum absolute atomic E-state index is 0.129. The maximum atomic E-state index is 11.6. The van der Waals surface area contributed by atoms with E-state index in [4.69, 9.17) is 4.74 Å². The van der Waals surface area contributed by atoms with Crippen LogP contribution in [0, 0.1) is 0 Å². The highest BCUT2D eigenvalue weighted by Crippen LogP contribution is 2.22. The van der Waals surface area contributed by atoms with Crippen LogP contribution in [-0.2, 0) is 0 Å². The topological polar surface area (TPSA) is 49.8 Å². The van der Waals surface area contributed by atoms with Crippen molar-refractivity contribution in [2.24, 2.45) is 0 Å². The number of hydrogen-bond donors (Lipinski definition) is 1. The fourth-order valence-corrected chi connectivity index (χ4v) is 3.26. The Morgan fingerprint density at radius 3 is 2.43 bits per heavy atom. The lowest BCUT2D eigenvalue weighted by Crippen LogP contribution is -2.48. The smallest absolute Gasteiger partial charge is 0.162 e. The van der Waals surface area contributed by atoms with Crippen molar-refractivity contribution in [1.82, 2.24) is 4.90 Å². The van der Waals surface area contributed by atoms with E-state index in [0.717, 1.165) is 0 Å². The van der Waals surface area contributed by atoms with E-state index < -0.39 is 6.10 Å². The Morgan fingerprint density at radius 2 is 1.87 bits per heavy atom. The average Bonchev–Trinajstić information content (AvgIpc) is 2.56. The molecule has 1 N–H and O–H groups in total. The van der Waals surface area contributed by atoms with Crippen LogP contribution >= 0.6 is 0 Å². The van der Waals surface area contributed by atoms with E-state index in [2.05, 4.69) is 18.7 Å². The van der Waals surface area contributed by atoms with Crippen LogP contribution in [0.4, 0.5) is 0 Å². The quantitative estimate of drug-likeness (QED) is 0.784. The van der Waals surface area contributed by atoms with Crippen molar-refractivity contribution >= 4 is 5.78 Å². The van der Waals surface area contributed by atoms with Crippen LogP contribution in [0.2, 0.25) is 0 Å². The molecule has 4 heteroatoms. The second-order valence-electron chi connectivity index (χ2n) is 6.59. The summed E-state index contributed by atoms with van der Waals surface area (Å²) in [7, 11) is 0. The summed E-state index contributed by atoms with van der Waals surface area (Å²) in [5.41, 5.74) is 0.705. The van der Waals surface area contributed by atoms with Crippen molar-refractivity contribution in [1.29, 1.82) is 0 Å². The summed E-state index contributed by atoms with van der Waals surface area (Å²) >= 11 is 0. The van der Waals surface area contributed by atoms with Gasteiger partial charge in [0.15, 0.2) is 5.78 Å². The van der Waals surface area contributed by atoms with Gasteiger partial charge in [0.1, 0.15) is 18.5 Å². The largest absolute Gasteiger partial charge is 0.491 e. The lowest BCUT2D eigenvalue weighted by molar-refractivity contribution is 0.0209. The zero-order valence-corrected chi connectivity index (χ0v) is 14.5. The minimum Gasteiger partial charge on any atom is -0.491 e. The maximum absolute atomic E-state index is 11.6. The first-order valence-corrected chi connectivity index (χ1v) is 8.71. The average molecular weight is 319 g/mol. The zero-order chi connectivity index (χ0) is 16.8. The highest BCUT2D eigenvalue weighted by molar-refractivity contribution is 5.95. The molecule has 1 fully saturated rings. The Bertz CT molecular complexity index is 490. The van der Waals surface area contributed by atoms with E-state index in [1.54, 1.807) is 24.3 Å². The minimum atomic E-state index is -0.505. The first kappa shape index (κ1) is 18.0. The van der Waals surface area contributed by atoms with Crippen LogP contribution in [0.15, 0.2) is 24.3 Å². The number of Topliss-reactive ketones (excluding diaryl/α,β-unsaturated/α-hetero) is 1. The predicted molar refractivity (Wildman–Crippen MR) is 92.0 cm³/mol. The van der Waals surface area contributed by atoms with Crippen LogP contribution < -0.4 is 4.74 Å². The molecule has 3 atom stereocenters. The molecule has 2 rings (SSSR count). The number of likely N-dealkylation sites (tertiary alicyclic amines) is 1. The van der Waals surface area contributed by atoms with Crippen molar-refractivity contribution in [3.05, 3.63) is 29.8 Å². The van der Waals surface area contributed by atoms with E-state index in [1.807, 2.05) is 6.92 Å². The van der Waals surface area contributed by atoms with E-state index in [1.165, 1.54) is 19.3 Å². The van der Waals surface area contributed by atoms with E-state index >= 15 is 0 Å². The molecule has 1 saturated heterocycles. The number of nitrogens with zero attached hydrogens (tertiary/aromatic N) is 1. The Balaban J connectivity index is 1.81. The predicted octanol–water partition coefficient (Wildman–Crippen LogP) is 3.28. The van der Waals surface area contributed by atoms with Gasteiger partial charge in [-0.1, -0.05) is 13.3 Å². The number of ether oxygens (including phenoxy) is 1. The van der Waals surface area contributed by atoms with E-state index in [-0.39, 0.29) is 12.4 Å². The number of hydrogen-bond acceptors (Lipinski definition) is 4. The van der Waals surface area contributed by atoms with E-state index in [0.29, 0.717) is 36.4 Å². The molecule has 0 radical (unpaired) electrons. The monoisotopic (exact) mass is 319 g/mol. The Morgan fingerprint density at radius 1 is 1.26 bits per heavy atom. The summed E-state index contributed by atoms with van der Waals surface area (Å²) in [6.45, 7) is 7.23. The van der Waals surface area contributed by atoms with Gasteiger partial charge < -0.3 is 9.84 Å². The molecular formula is C19H29NO3. The summed E-state index contributed by atoms with van der Waals surface area (Å²) in [5.74, 6) is 0.820. The third kappa shape index (κ3) is 5.05. The van der Waals surface area contributed by atoms with Gasteiger partial charge >= 0.3 is 0 Å². The fourth-order valence-electron chi connectivity index (χ4n) is 3.26. The second kappa shape index (κ2) is 8.46. The Kier molecular flexibility index (Phi) is 6.60. The van der Waals surface area contributed by atoms with E-state index in [9.17, 15) is 9.90 Å². The van der Waals surface area contributed by atoms with Crippen LogP contribution in [0.1, 0.15) is 56.8 Å². The third-order valence-corrected chi connectivity index (χ3v) is 4.74. The Labute approximate surface area is 139 Å². The number of aliphatic hydroxyl groups excluding tert-OH is 1. The molecule has 1 aromatic carbocycles. The standard InChI is InChI=1S/C19H29NO3/c1-4-19(22)16-8-10-18(11-9-16)23-13-17(21)12-20-14(2)6-5-7-15(20)3/h8-11,14-15,17,21H,4-7,12-13H2,1-3H3. The number of piperidine rings is 1. The van der Waals surface area contributed by atoms with Gasteiger partial charge in [-0.15, -0.1) is 0 Å². The molecule has 128 valence electrons. The van der Waals surface area contributed by atoms with Gasteiger partial charge in [-0.25, -0.2) is 0 Å². The zero-order valence-electron chi connectivity index (χ0n) is 14.5. The van der Waals surface area contributed by atoms with Gasteiger partial charge in [0.05, 0.1) is 0 Å². The summed E-state index contributed by atoms with van der Waals surface area (Å²) in [6, 6.07) is 8.19. The first-order chi connectivity index (χ1) is 11.0. The van der Waals surface area contributed by atoms with Gasteiger partial charge in [-0.3, -0.25) is 9.69 Å². The van der Waals surface area contributed by atoms with Crippen LogP contribution in [0.5, 0.6) is 5.75 Å². The van der Waals surface area contributed by atoms with Crippen molar-refractivity contribution < 1.29 is 14.6 Å². The first-order valence-electron chi connectivity index (χ1n) is 8.71. The number of carbonyl (C=O) groups is 1. The molecular weight excluding hydrogens is 290 g/mol. The highest BCUT2D eigenvalue weighted by atomic mass is 16.5. The number of benzene rings is 1. The molecule has 1 heterocycles. The molecule has 0 aliphatic carbocycles. The van der Waals surface area contributed by atoms with Crippen LogP contribution in [0.3, 0.4) is 0 Å². The molecule has 23 heavy (non-hydrogen) atoms. The number of carbonyl (C=O) groups excluding carboxylic acids is 1. The molecule has 0 bridgehead atoms. The normalized spacial score (nSPS) is 23.5. The van der Waals surface area contributed by atoms with Crippen molar-refractivity contribution in [2.45, 2.75) is 64.6 Å². The molecule has 0 amide bonds. The molecule has 3 unspecified atom stereocenters. The number of ketones is 1. The summed E-state index contributed by atoms with van der Waals surface area (Å²) in [5, 5.41) is 10.3. The maximum Gasteiger partial charge on any atom is 0.162 e. The van der Waals surface area contributed by atoms with Crippen molar-refractivity contribution in [2.75, 3.05) is 13.2 Å². The number of aliphatic hydroxyl groups is 1. The Hall–Kier alpha value is -1.39. The van der Waals surface area contributed by atoms with Gasteiger partial charge in [0.2, 0.25) is 0 Å². The molecule has 0 spiro atoms. The van der Waals surface area contributed by atoms with Gasteiger partial charge in [-0.05, 0) is 51.0 Å². The van der Waals surface area contributed by atoms with Gasteiger partial charge in [0, 0.05) is 30.6 Å². The summed E-state index contributed by atoms with van der Waals surface area (Å²) in [4.78, 5) is 14.0. The summed E-state index contributed by atoms with van der Waals surface area (Å²) < 4.78 is 5.66. The molecule has 1 aromatic rings. The third-order valence-electron chi connectivity index (χ3n) is 4.74. The lowest BCUT2D eigenvalue weighted by Gasteiger charge is -2.40. The molecule has 1 aliphatic rings. The van der Waals surface area contributed by atoms with Gasteiger partial charge in [0.25, 0.3) is 0 Å². The van der Waals surface area contributed by atoms with Crippen molar-refractivity contribution in [3.8, 4) is 5.75 Å². The molecule has 0 saturated carbocycles. The molecule has 0 aromatic heterocycles. The van der Waals surface area contributed by atoms with Crippen LogP contribution in [-0.4, -0.2) is 47.1 Å². The molecule has 1 aliphatic heterocycles.